The number of unbranched alkanes of at least 4 members (excludes halogenated alkanes) is 2. The first-order valence-electron chi connectivity index (χ1n) is 17.9. The Morgan fingerprint density at radius 3 is 1.77 bits per heavy atom. The van der Waals surface area contributed by atoms with Crippen molar-refractivity contribution in [3.05, 3.63) is 0 Å². The number of hydrogen-bond acceptors (Lipinski definition) is 8. The molecule has 12 nitrogen and oxygen atoms in total. The second-order valence-electron chi connectivity index (χ2n) is 15.1. The van der Waals surface area contributed by atoms with E-state index in [1.807, 2.05) is 13.8 Å². The number of nitrogens with one attached hydrogen (secondary N) is 1. The summed E-state index contributed by atoms with van der Waals surface area (Å²) in [5, 5.41) is 2.88. The molecule has 0 aromatic carbocycles. The van der Waals surface area contributed by atoms with Crippen LogP contribution >= 0.6 is 0 Å². The molecule has 2 heterocycles. The third kappa shape index (κ3) is 9.71. The van der Waals surface area contributed by atoms with E-state index in [-0.39, 0.29) is 17.8 Å². The van der Waals surface area contributed by atoms with Crippen LogP contribution in [-0.2, 0) is 38.2 Å². The first-order valence-corrected chi connectivity index (χ1v) is 17.9. The highest BCUT2D eigenvalue weighted by Crippen LogP contribution is 2.27. The average molecular weight is 679 g/mol. The minimum Gasteiger partial charge on any atom is -0.460 e. The third-order valence-electron chi connectivity index (χ3n) is 9.75. The Labute approximate surface area is 288 Å². The summed E-state index contributed by atoms with van der Waals surface area (Å²) in [5.41, 5.74) is 0. The topological polar surface area (TPSA) is 143 Å². The fourth-order valence-corrected chi connectivity index (χ4v) is 6.79. The lowest BCUT2D eigenvalue weighted by Crippen LogP contribution is -2.57. The molecule has 2 aliphatic heterocycles. The number of rotatable bonds is 8. The summed E-state index contributed by atoms with van der Waals surface area (Å²) >= 11 is 0. The van der Waals surface area contributed by atoms with Crippen LogP contribution in [0, 0.1) is 29.6 Å². The first-order chi connectivity index (χ1) is 22.4. The standard InChI is InChI=1S/C36H62N4O8/c1-13-14-15-18-26-24(10)31(41)37-27(20(2)3)33(43)39(12)29(22(6)7)36(46)48-30(23(8)9)34(44)40-19-16-17-25(40)32(42)38(11)28(21(4)5)35(45)47-26/h20-30H,13-19H2,1-12H3,(H,37,41)/t24-,25-,26+,27+,28+,29-,30-/m0/s1. The minimum atomic E-state index is -1.20. The van der Waals surface area contributed by atoms with Crippen molar-refractivity contribution in [3.8, 4) is 0 Å². The number of likely N-dealkylation sites (N-methyl/N-ethyl adjacent to an activating group) is 2. The fraction of sp³-hybridized carbons (Fsp3) is 0.833. The Morgan fingerprint density at radius 1 is 0.729 bits per heavy atom. The lowest BCUT2D eigenvalue weighted by atomic mass is 9.94. The van der Waals surface area contributed by atoms with Crippen molar-refractivity contribution in [3.63, 3.8) is 0 Å². The van der Waals surface area contributed by atoms with Crippen molar-refractivity contribution < 1.29 is 38.2 Å². The smallest absolute Gasteiger partial charge is 0.329 e. The van der Waals surface area contributed by atoms with Gasteiger partial charge in [0, 0.05) is 20.6 Å². The molecule has 1 N–H and O–H groups in total. The lowest BCUT2D eigenvalue weighted by Gasteiger charge is -2.36. The van der Waals surface area contributed by atoms with E-state index in [1.54, 1.807) is 55.5 Å². The van der Waals surface area contributed by atoms with Crippen molar-refractivity contribution in [1.29, 1.82) is 0 Å². The molecule has 0 bridgehead atoms. The maximum atomic E-state index is 14.0. The number of cyclic esters (lactones) is 2. The quantitative estimate of drug-likeness (QED) is 0.302. The van der Waals surface area contributed by atoms with E-state index in [2.05, 4.69) is 12.2 Å². The normalized spacial score (nSPS) is 29.2. The zero-order valence-corrected chi connectivity index (χ0v) is 31.4. The number of amides is 4. The molecule has 12 heteroatoms. The van der Waals surface area contributed by atoms with E-state index in [1.165, 1.54) is 21.7 Å². The molecule has 2 aliphatic rings. The molecule has 0 radical (unpaired) electrons. The molecule has 0 aliphatic carbocycles. The van der Waals surface area contributed by atoms with E-state index in [0.29, 0.717) is 25.8 Å². The number of carbonyl (C=O) groups excluding carboxylic acids is 6. The SMILES string of the molecule is CCCCC[C@H]1OC(=O)[C@@H](C(C)C)N(C)C(=O)[C@@H]2CCCN2C(=O)[C@H](C(C)C)OC(=O)[C@H](C(C)C)N(C)C(=O)[C@@H](C(C)C)NC(=O)[C@H]1C. The van der Waals surface area contributed by atoms with Crippen LogP contribution in [0.3, 0.4) is 0 Å². The third-order valence-corrected chi connectivity index (χ3v) is 9.75. The van der Waals surface area contributed by atoms with E-state index in [0.717, 1.165) is 19.3 Å². The predicted octanol–water partition coefficient (Wildman–Crippen LogP) is 3.79. The zero-order valence-electron chi connectivity index (χ0n) is 31.4. The summed E-state index contributed by atoms with van der Waals surface area (Å²) in [4.78, 5) is 87.7. The molecule has 7 atom stereocenters. The number of fused-ring (bicyclic) bond motifs is 1. The molecule has 0 spiro atoms. The summed E-state index contributed by atoms with van der Waals surface area (Å²) in [7, 11) is 3.04. The highest BCUT2D eigenvalue weighted by Gasteiger charge is 2.45. The van der Waals surface area contributed by atoms with Crippen LogP contribution in [-0.4, -0.2) is 107 Å². The summed E-state index contributed by atoms with van der Waals surface area (Å²) in [6.45, 7) is 18.4. The Kier molecular flexibility index (Phi) is 15.4. The molecule has 2 saturated heterocycles. The van der Waals surface area contributed by atoms with Crippen LogP contribution < -0.4 is 5.32 Å². The van der Waals surface area contributed by atoms with Crippen LogP contribution in [0.2, 0.25) is 0 Å². The minimum absolute atomic E-state index is 0.299. The van der Waals surface area contributed by atoms with Crippen molar-refractivity contribution in [1.82, 2.24) is 20.0 Å². The molecule has 2 rings (SSSR count). The largest absolute Gasteiger partial charge is 0.460 e. The molecule has 0 aromatic heterocycles. The number of carbonyl (C=O) groups is 6. The van der Waals surface area contributed by atoms with E-state index >= 15 is 0 Å². The number of esters is 2. The van der Waals surface area contributed by atoms with Crippen LogP contribution in [0.15, 0.2) is 0 Å². The monoisotopic (exact) mass is 678 g/mol. The van der Waals surface area contributed by atoms with Gasteiger partial charge in [-0.15, -0.1) is 0 Å². The molecule has 2 fully saturated rings. The lowest BCUT2D eigenvalue weighted by molar-refractivity contribution is -0.172. The molecule has 48 heavy (non-hydrogen) atoms. The van der Waals surface area contributed by atoms with Crippen molar-refractivity contribution in [2.24, 2.45) is 29.6 Å². The predicted molar refractivity (Wildman–Crippen MR) is 182 cm³/mol. The number of ether oxygens (including phenoxy) is 2. The van der Waals surface area contributed by atoms with Crippen LogP contribution in [0.1, 0.15) is 108 Å². The van der Waals surface area contributed by atoms with Gasteiger partial charge < -0.3 is 29.5 Å². The second kappa shape index (κ2) is 18.0. The first kappa shape index (κ1) is 41.0. The van der Waals surface area contributed by atoms with Crippen LogP contribution in [0.25, 0.3) is 0 Å². The highest BCUT2D eigenvalue weighted by atomic mass is 16.6. The van der Waals surface area contributed by atoms with Gasteiger partial charge in [-0.1, -0.05) is 82.1 Å². The van der Waals surface area contributed by atoms with Gasteiger partial charge in [-0.3, -0.25) is 19.2 Å². The summed E-state index contributed by atoms with van der Waals surface area (Å²) in [5.74, 6) is -5.45. The number of nitrogens with zero attached hydrogens (tertiary/aromatic N) is 3. The van der Waals surface area contributed by atoms with E-state index < -0.39 is 83.8 Å². The van der Waals surface area contributed by atoms with Gasteiger partial charge in [-0.2, -0.15) is 0 Å². The summed E-state index contributed by atoms with van der Waals surface area (Å²) in [6, 6.07) is -3.83. The highest BCUT2D eigenvalue weighted by molar-refractivity contribution is 5.95. The van der Waals surface area contributed by atoms with Gasteiger partial charge in [0.15, 0.2) is 6.10 Å². The maximum Gasteiger partial charge on any atom is 0.329 e. The van der Waals surface area contributed by atoms with Crippen LogP contribution in [0.5, 0.6) is 0 Å². The van der Waals surface area contributed by atoms with Gasteiger partial charge in [-0.25, -0.2) is 9.59 Å². The summed E-state index contributed by atoms with van der Waals surface area (Å²) in [6.07, 6.45) is 1.92. The van der Waals surface area contributed by atoms with Gasteiger partial charge in [0.2, 0.25) is 17.7 Å². The fourth-order valence-electron chi connectivity index (χ4n) is 6.79. The van der Waals surface area contributed by atoms with Crippen LogP contribution in [0.4, 0.5) is 0 Å². The second-order valence-corrected chi connectivity index (χ2v) is 15.1. The van der Waals surface area contributed by atoms with Gasteiger partial charge in [0.25, 0.3) is 5.91 Å². The Hall–Kier alpha value is -3.18. The van der Waals surface area contributed by atoms with E-state index in [9.17, 15) is 28.8 Å². The van der Waals surface area contributed by atoms with E-state index in [4.69, 9.17) is 9.47 Å². The van der Waals surface area contributed by atoms with Crippen molar-refractivity contribution in [2.45, 2.75) is 144 Å². The molecular weight excluding hydrogens is 616 g/mol. The van der Waals surface area contributed by atoms with Crippen molar-refractivity contribution in [2.75, 3.05) is 20.6 Å². The van der Waals surface area contributed by atoms with Gasteiger partial charge in [0.1, 0.15) is 30.3 Å². The van der Waals surface area contributed by atoms with Gasteiger partial charge in [0.05, 0.1) is 5.92 Å². The van der Waals surface area contributed by atoms with Gasteiger partial charge >= 0.3 is 11.9 Å². The molecular formula is C36H62N4O8. The molecule has 4 amide bonds. The van der Waals surface area contributed by atoms with Crippen molar-refractivity contribution >= 4 is 35.6 Å². The number of hydrogen-bond donors (Lipinski definition) is 1. The molecule has 0 saturated carbocycles. The zero-order chi connectivity index (χ0) is 36.6. The maximum absolute atomic E-state index is 14.0. The molecule has 0 aromatic rings. The Bertz CT molecular complexity index is 1150. The van der Waals surface area contributed by atoms with Gasteiger partial charge in [-0.05, 0) is 49.4 Å². The molecule has 274 valence electrons. The Morgan fingerprint density at radius 2 is 1.27 bits per heavy atom. The molecule has 0 unspecified atom stereocenters. The average Bonchev–Trinajstić information content (AvgIpc) is 3.49. The summed E-state index contributed by atoms with van der Waals surface area (Å²) < 4.78 is 12.0. The Balaban J connectivity index is 2.71.